The van der Waals surface area contributed by atoms with Crippen molar-refractivity contribution < 1.29 is 19.1 Å². The highest BCUT2D eigenvalue weighted by molar-refractivity contribution is 7.17. The summed E-state index contributed by atoms with van der Waals surface area (Å²) in [7, 11) is 0. The predicted molar refractivity (Wildman–Crippen MR) is 134 cm³/mol. The van der Waals surface area contributed by atoms with Gasteiger partial charge in [-0.25, -0.2) is 9.37 Å². The van der Waals surface area contributed by atoms with Crippen LogP contribution in [0.25, 0.3) is 10.6 Å². The molecule has 5 rings (SSSR count). The van der Waals surface area contributed by atoms with Crippen LogP contribution in [0.5, 0.6) is 0 Å². The lowest BCUT2D eigenvalue weighted by atomic mass is 9.94. The molecule has 0 saturated heterocycles. The van der Waals surface area contributed by atoms with E-state index in [9.17, 15) is 14.7 Å². The third kappa shape index (κ3) is 3.94. The Hall–Kier alpha value is -4.10. The molecule has 0 aliphatic carbocycles. The largest absolute Gasteiger partial charge is 0.503 e. The van der Waals surface area contributed by atoms with Crippen LogP contribution < -0.4 is 4.90 Å². The SMILES string of the molecule is Cc1cccc(N2C(=O)C(O)=C(C(=O)c3sc(-c4ccccc4)nc3C)C2c2ccccc2F)c1. The Morgan fingerprint density at radius 3 is 2.43 bits per heavy atom. The van der Waals surface area contributed by atoms with E-state index in [1.165, 1.54) is 34.4 Å². The van der Waals surface area contributed by atoms with E-state index in [1.807, 2.05) is 43.3 Å². The van der Waals surface area contributed by atoms with Crippen molar-refractivity contribution in [2.24, 2.45) is 0 Å². The van der Waals surface area contributed by atoms with Gasteiger partial charge in [0.25, 0.3) is 5.91 Å². The highest BCUT2D eigenvalue weighted by Gasteiger charge is 2.46. The molecule has 1 aliphatic heterocycles. The smallest absolute Gasteiger partial charge is 0.294 e. The van der Waals surface area contributed by atoms with Crippen LogP contribution in [0.1, 0.15) is 32.5 Å². The lowest BCUT2D eigenvalue weighted by Gasteiger charge is -2.27. The van der Waals surface area contributed by atoms with Crippen LogP contribution in [0.2, 0.25) is 0 Å². The van der Waals surface area contributed by atoms with Crippen LogP contribution in [0.4, 0.5) is 10.1 Å². The lowest BCUT2D eigenvalue weighted by molar-refractivity contribution is -0.117. The summed E-state index contributed by atoms with van der Waals surface area (Å²) in [5.74, 6) is -2.55. The topological polar surface area (TPSA) is 70.5 Å². The number of benzene rings is 3. The van der Waals surface area contributed by atoms with Gasteiger partial charge in [0, 0.05) is 16.8 Å². The Labute approximate surface area is 205 Å². The minimum absolute atomic E-state index is 0.125. The summed E-state index contributed by atoms with van der Waals surface area (Å²) in [6.07, 6.45) is 0. The summed E-state index contributed by atoms with van der Waals surface area (Å²) >= 11 is 1.18. The van der Waals surface area contributed by atoms with E-state index in [4.69, 9.17) is 0 Å². The van der Waals surface area contributed by atoms with Gasteiger partial charge in [-0.3, -0.25) is 14.5 Å². The van der Waals surface area contributed by atoms with Crippen LogP contribution >= 0.6 is 11.3 Å². The fourth-order valence-corrected chi connectivity index (χ4v) is 5.33. The maximum Gasteiger partial charge on any atom is 0.294 e. The number of aromatic nitrogens is 1. The molecular formula is C28H21FN2O3S. The predicted octanol–water partition coefficient (Wildman–Crippen LogP) is 6.35. The van der Waals surface area contributed by atoms with Gasteiger partial charge in [0.05, 0.1) is 22.2 Å². The number of amides is 1. The number of halogens is 1. The van der Waals surface area contributed by atoms with E-state index in [0.29, 0.717) is 21.3 Å². The number of hydrogen-bond donors (Lipinski definition) is 1. The minimum atomic E-state index is -1.13. The standard InChI is InChI=1S/C28H21FN2O3S/c1-16-9-8-12-19(15-16)31-23(20-13-6-7-14-21(20)29)22(25(33)28(31)34)24(32)26-17(2)30-27(35-26)18-10-4-3-5-11-18/h3-15,23,33H,1-2H3. The maximum atomic E-state index is 15.0. The van der Waals surface area contributed by atoms with Gasteiger partial charge < -0.3 is 5.11 Å². The van der Waals surface area contributed by atoms with Gasteiger partial charge >= 0.3 is 0 Å². The van der Waals surface area contributed by atoms with Crippen molar-refractivity contribution in [1.29, 1.82) is 0 Å². The van der Waals surface area contributed by atoms with E-state index in [2.05, 4.69) is 4.98 Å². The Morgan fingerprint density at radius 2 is 1.71 bits per heavy atom. The summed E-state index contributed by atoms with van der Waals surface area (Å²) < 4.78 is 15.0. The average molecular weight is 485 g/mol. The first kappa shape index (κ1) is 22.7. The second kappa shape index (κ2) is 8.92. The van der Waals surface area contributed by atoms with Gasteiger partial charge in [-0.05, 0) is 37.6 Å². The second-order valence-corrected chi connectivity index (χ2v) is 9.33. The fraction of sp³-hybridized carbons (Fsp3) is 0.107. The molecule has 0 bridgehead atoms. The molecule has 2 heterocycles. The number of thiazole rings is 1. The number of aliphatic hydroxyl groups excluding tert-OH is 1. The van der Waals surface area contributed by atoms with Crippen LogP contribution in [-0.2, 0) is 4.79 Å². The van der Waals surface area contributed by atoms with E-state index < -0.39 is 29.3 Å². The molecule has 5 nitrogen and oxygen atoms in total. The normalized spacial score (nSPS) is 15.7. The highest BCUT2D eigenvalue weighted by Crippen LogP contribution is 2.44. The first-order valence-corrected chi connectivity index (χ1v) is 11.8. The molecule has 1 aromatic heterocycles. The maximum absolute atomic E-state index is 15.0. The summed E-state index contributed by atoms with van der Waals surface area (Å²) in [4.78, 5) is 33.3. The molecule has 0 spiro atoms. The average Bonchev–Trinajstić information content (AvgIpc) is 3.37. The third-order valence-corrected chi connectivity index (χ3v) is 7.16. The number of carbonyl (C=O) groups is 2. The zero-order chi connectivity index (χ0) is 24.7. The van der Waals surface area contributed by atoms with Gasteiger partial charge in [0.2, 0.25) is 5.78 Å². The Morgan fingerprint density at radius 1 is 1.00 bits per heavy atom. The fourth-order valence-electron chi connectivity index (χ4n) is 4.31. The van der Waals surface area contributed by atoms with E-state index in [1.54, 1.807) is 31.2 Å². The van der Waals surface area contributed by atoms with Crippen molar-refractivity contribution in [2.75, 3.05) is 4.90 Å². The van der Waals surface area contributed by atoms with Crippen LogP contribution in [0.3, 0.4) is 0 Å². The molecule has 1 N–H and O–H groups in total. The molecule has 174 valence electrons. The molecule has 1 aliphatic rings. The molecule has 1 unspecified atom stereocenters. The number of anilines is 1. The molecule has 4 aromatic rings. The minimum Gasteiger partial charge on any atom is -0.503 e. The number of ketones is 1. The van der Waals surface area contributed by atoms with Gasteiger partial charge in [-0.2, -0.15) is 0 Å². The molecule has 1 amide bonds. The molecule has 3 aromatic carbocycles. The van der Waals surface area contributed by atoms with E-state index in [-0.39, 0.29) is 11.1 Å². The second-order valence-electron chi connectivity index (χ2n) is 8.33. The molecule has 0 radical (unpaired) electrons. The highest BCUT2D eigenvalue weighted by atomic mass is 32.1. The van der Waals surface area contributed by atoms with Gasteiger partial charge in [-0.1, -0.05) is 60.7 Å². The van der Waals surface area contributed by atoms with Crippen LogP contribution in [-0.4, -0.2) is 21.8 Å². The van der Waals surface area contributed by atoms with Crippen molar-refractivity contribution in [2.45, 2.75) is 19.9 Å². The zero-order valence-corrected chi connectivity index (χ0v) is 19.8. The van der Waals surface area contributed by atoms with Crippen molar-refractivity contribution in [3.63, 3.8) is 0 Å². The Bertz CT molecular complexity index is 1490. The zero-order valence-electron chi connectivity index (χ0n) is 19.0. The van der Waals surface area contributed by atoms with Crippen LogP contribution in [0, 0.1) is 19.7 Å². The molecule has 0 saturated carbocycles. The van der Waals surface area contributed by atoms with Gasteiger partial charge in [-0.15, -0.1) is 11.3 Å². The van der Waals surface area contributed by atoms with E-state index in [0.717, 1.165) is 11.1 Å². The number of aryl methyl sites for hydroxylation is 2. The number of nitrogens with zero attached hydrogens (tertiary/aromatic N) is 2. The molecule has 35 heavy (non-hydrogen) atoms. The number of hydrogen-bond acceptors (Lipinski definition) is 5. The number of aliphatic hydroxyl groups is 1. The first-order valence-electron chi connectivity index (χ1n) is 11.0. The number of rotatable bonds is 5. The first-order chi connectivity index (χ1) is 16.9. The van der Waals surface area contributed by atoms with Crippen LogP contribution in [0.15, 0.2) is 90.2 Å². The summed E-state index contributed by atoms with van der Waals surface area (Å²) in [6, 6.07) is 21.4. The van der Waals surface area contributed by atoms with Gasteiger partial charge in [0.1, 0.15) is 10.8 Å². The van der Waals surface area contributed by atoms with Crippen molar-refractivity contribution in [1.82, 2.24) is 4.98 Å². The Kier molecular flexibility index (Phi) is 5.78. The van der Waals surface area contributed by atoms with Crippen molar-refractivity contribution in [3.8, 4) is 10.6 Å². The number of Topliss-reactive ketones (excluding diaryl/α,β-unsaturated/α-hetero) is 1. The summed E-state index contributed by atoms with van der Waals surface area (Å²) in [5.41, 5.74) is 2.64. The van der Waals surface area contributed by atoms with Crippen molar-refractivity contribution >= 4 is 28.7 Å². The van der Waals surface area contributed by atoms with Gasteiger partial charge in [0.15, 0.2) is 5.76 Å². The number of carbonyl (C=O) groups excluding carboxylic acids is 2. The summed E-state index contributed by atoms with van der Waals surface area (Å²) in [5, 5.41) is 11.6. The molecular weight excluding hydrogens is 463 g/mol. The van der Waals surface area contributed by atoms with E-state index >= 15 is 4.39 Å². The van der Waals surface area contributed by atoms with Crippen molar-refractivity contribution in [3.05, 3.63) is 118 Å². The lowest BCUT2D eigenvalue weighted by Crippen LogP contribution is -2.31. The monoisotopic (exact) mass is 484 g/mol. The quantitative estimate of drug-likeness (QED) is 0.335. The molecule has 7 heteroatoms. The molecule has 1 atom stereocenters. The Balaban J connectivity index is 1.66. The molecule has 0 fully saturated rings. The summed E-state index contributed by atoms with van der Waals surface area (Å²) in [6.45, 7) is 3.58. The third-order valence-electron chi connectivity index (χ3n) is 5.96.